The maximum absolute atomic E-state index is 11.2. The second-order valence-corrected chi connectivity index (χ2v) is 6.71. The fourth-order valence-electron chi connectivity index (χ4n) is 1.62. The number of anilines is 2. The van der Waals surface area contributed by atoms with E-state index in [1.54, 1.807) is 0 Å². The van der Waals surface area contributed by atoms with E-state index in [-0.39, 0.29) is 11.2 Å². The lowest BCUT2D eigenvalue weighted by Gasteiger charge is -2.06. The van der Waals surface area contributed by atoms with Crippen LogP contribution < -0.4 is 11.1 Å². The number of aromatic nitrogens is 2. The van der Waals surface area contributed by atoms with Gasteiger partial charge in [0, 0.05) is 5.69 Å². The van der Waals surface area contributed by atoms with Gasteiger partial charge in [0.15, 0.2) is 4.34 Å². The summed E-state index contributed by atoms with van der Waals surface area (Å²) in [5.74, 6) is -0.319. The largest absolute Gasteiger partial charge is 0.369 e. The average molecular weight is 308 g/mol. The molecule has 0 spiro atoms. The topological polar surface area (TPSA) is 80.9 Å². The number of thioether (sulfide) groups is 1. The Bertz CT molecular complexity index is 600. The number of nitrogens with zero attached hydrogens (tertiary/aromatic N) is 2. The Morgan fingerprint density at radius 3 is 2.95 bits per heavy atom. The molecule has 0 aliphatic rings. The third-order valence-electron chi connectivity index (χ3n) is 2.61. The highest BCUT2D eigenvalue weighted by Gasteiger charge is 2.17. The van der Waals surface area contributed by atoms with Gasteiger partial charge in [-0.25, -0.2) is 0 Å². The van der Waals surface area contributed by atoms with E-state index in [0.717, 1.165) is 10.0 Å². The lowest BCUT2D eigenvalue weighted by molar-refractivity contribution is -0.117. The van der Waals surface area contributed by atoms with E-state index in [2.05, 4.69) is 15.5 Å². The van der Waals surface area contributed by atoms with Gasteiger partial charge in [-0.1, -0.05) is 42.2 Å². The van der Waals surface area contributed by atoms with Crippen LogP contribution in [0.5, 0.6) is 0 Å². The molecule has 0 aliphatic heterocycles. The summed E-state index contributed by atoms with van der Waals surface area (Å²) < 4.78 is 0.741. The molecule has 2 rings (SSSR count). The average Bonchev–Trinajstić information content (AvgIpc) is 2.83. The first-order chi connectivity index (χ1) is 9.58. The van der Waals surface area contributed by atoms with Crippen LogP contribution in [-0.4, -0.2) is 21.4 Å². The number of carbonyl (C=O) groups excluding carboxylic acids is 1. The lowest BCUT2D eigenvalue weighted by Crippen LogP contribution is -2.24. The molecular weight excluding hydrogens is 292 g/mol. The molecule has 2 aromatic rings. The van der Waals surface area contributed by atoms with E-state index in [1.165, 1.54) is 28.7 Å². The van der Waals surface area contributed by atoms with E-state index < -0.39 is 0 Å². The summed E-state index contributed by atoms with van der Waals surface area (Å²) >= 11 is 2.78. The van der Waals surface area contributed by atoms with Gasteiger partial charge < -0.3 is 11.1 Å². The Balaban J connectivity index is 2.04. The molecular formula is C13H16N4OS2. The van der Waals surface area contributed by atoms with Gasteiger partial charge in [-0.2, -0.15) is 0 Å². The fraction of sp³-hybridized carbons (Fsp3) is 0.308. The minimum atomic E-state index is -0.319. The van der Waals surface area contributed by atoms with Crippen LogP contribution in [0, 0.1) is 6.92 Å². The van der Waals surface area contributed by atoms with Gasteiger partial charge in [-0.05, 0) is 31.0 Å². The van der Waals surface area contributed by atoms with Crippen LogP contribution in [0.1, 0.15) is 18.9 Å². The summed E-state index contributed by atoms with van der Waals surface area (Å²) in [6.07, 6.45) is 0.681. The van der Waals surface area contributed by atoms with E-state index in [4.69, 9.17) is 5.73 Å². The summed E-state index contributed by atoms with van der Waals surface area (Å²) in [6.45, 7) is 3.96. The number of benzene rings is 1. The first kappa shape index (κ1) is 14.8. The smallest absolute Gasteiger partial charge is 0.230 e. The fourth-order valence-corrected chi connectivity index (χ4v) is 3.51. The zero-order chi connectivity index (χ0) is 14.5. The zero-order valence-electron chi connectivity index (χ0n) is 11.3. The summed E-state index contributed by atoms with van der Waals surface area (Å²) in [5, 5.41) is 11.8. The molecule has 0 saturated heterocycles. The monoisotopic (exact) mass is 308 g/mol. The third kappa shape index (κ3) is 3.94. The van der Waals surface area contributed by atoms with Crippen LogP contribution in [-0.2, 0) is 4.79 Å². The van der Waals surface area contributed by atoms with Crippen molar-refractivity contribution in [3.63, 3.8) is 0 Å². The van der Waals surface area contributed by atoms with E-state index in [1.807, 2.05) is 38.1 Å². The number of amides is 1. The van der Waals surface area contributed by atoms with Crippen molar-refractivity contribution in [3.05, 3.63) is 29.8 Å². The van der Waals surface area contributed by atoms with Gasteiger partial charge in [0.05, 0.1) is 5.25 Å². The normalized spacial score (nSPS) is 12.1. The van der Waals surface area contributed by atoms with Crippen LogP contribution in [0.4, 0.5) is 10.8 Å². The molecule has 1 atom stereocenters. The van der Waals surface area contributed by atoms with Gasteiger partial charge in [0.2, 0.25) is 11.0 Å². The van der Waals surface area contributed by atoms with Crippen LogP contribution >= 0.6 is 23.1 Å². The van der Waals surface area contributed by atoms with Crippen molar-refractivity contribution in [2.45, 2.75) is 29.9 Å². The highest BCUT2D eigenvalue weighted by Crippen LogP contribution is 2.31. The Kier molecular flexibility index (Phi) is 4.97. The maximum Gasteiger partial charge on any atom is 0.230 e. The van der Waals surface area contributed by atoms with Crippen molar-refractivity contribution in [1.29, 1.82) is 0 Å². The molecule has 20 heavy (non-hydrogen) atoms. The number of hydrogen-bond acceptors (Lipinski definition) is 6. The Morgan fingerprint density at radius 2 is 2.30 bits per heavy atom. The molecule has 0 unspecified atom stereocenters. The highest BCUT2D eigenvalue weighted by molar-refractivity contribution is 8.02. The number of carbonyl (C=O) groups is 1. The molecule has 0 radical (unpaired) electrons. The van der Waals surface area contributed by atoms with Crippen molar-refractivity contribution in [2.24, 2.45) is 5.73 Å². The predicted octanol–water partition coefficient (Wildman–Crippen LogP) is 2.95. The second-order valence-electron chi connectivity index (χ2n) is 4.28. The molecule has 5 nitrogen and oxygen atoms in total. The number of nitrogens with one attached hydrogen (secondary N) is 1. The van der Waals surface area contributed by atoms with Gasteiger partial charge in [-0.15, -0.1) is 10.2 Å². The number of primary amides is 1. The quantitative estimate of drug-likeness (QED) is 0.802. The van der Waals surface area contributed by atoms with Gasteiger partial charge in [0.25, 0.3) is 0 Å². The zero-order valence-corrected chi connectivity index (χ0v) is 12.9. The molecule has 0 bridgehead atoms. The Morgan fingerprint density at radius 1 is 1.50 bits per heavy atom. The van der Waals surface area contributed by atoms with Crippen molar-refractivity contribution in [3.8, 4) is 0 Å². The standard InChI is InChI=1S/C13H16N4OS2/c1-3-10(11(14)18)19-13-17-16-12(20-13)15-9-6-4-5-8(2)7-9/h4-7,10H,3H2,1-2H3,(H2,14,18)(H,15,16)/t10-/m1/s1. The Labute approximate surface area is 126 Å². The molecule has 1 heterocycles. The summed E-state index contributed by atoms with van der Waals surface area (Å²) in [4.78, 5) is 11.2. The molecule has 1 aromatic heterocycles. The number of aryl methyl sites for hydroxylation is 1. The number of rotatable bonds is 6. The van der Waals surface area contributed by atoms with Crippen molar-refractivity contribution in [2.75, 3.05) is 5.32 Å². The summed E-state index contributed by atoms with van der Waals surface area (Å²) in [7, 11) is 0. The molecule has 3 N–H and O–H groups in total. The van der Waals surface area contributed by atoms with Crippen LogP contribution in [0.25, 0.3) is 0 Å². The van der Waals surface area contributed by atoms with Crippen molar-refractivity contribution >= 4 is 39.8 Å². The first-order valence-electron chi connectivity index (χ1n) is 6.21. The van der Waals surface area contributed by atoms with Crippen molar-refractivity contribution in [1.82, 2.24) is 10.2 Å². The van der Waals surface area contributed by atoms with Crippen molar-refractivity contribution < 1.29 is 4.79 Å². The predicted molar refractivity (Wildman–Crippen MR) is 83.5 cm³/mol. The Hall–Kier alpha value is -1.60. The van der Waals surface area contributed by atoms with Gasteiger partial charge >= 0.3 is 0 Å². The molecule has 1 amide bonds. The minimum absolute atomic E-state index is 0.255. The summed E-state index contributed by atoms with van der Waals surface area (Å²) in [5.41, 5.74) is 7.47. The maximum atomic E-state index is 11.2. The van der Waals surface area contributed by atoms with E-state index >= 15 is 0 Å². The molecule has 0 saturated carbocycles. The molecule has 0 aliphatic carbocycles. The summed E-state index contributed by atoms with van der Waals surface area (Å²) in [6, 6.07) is 8.02. The molecule has 0 fully saturated rings. The SMILES string of the molecule is CC[C@@H](Sc1nnc(Nc2cccc(C)c2)s1)C(N)=O. The van der Waals surface area contributed by atoms with Gasteiger partial charge in [-0.3, -0.25) is 4.79 Å². The van der Waals surface area contributed by atoms with E-state index in [9.17, 15) is 4.79 Å². The highest BCUT2D eigenvalue weighted by atomic mass is 32.2. The van der Waals surface area contributed by atoms with Crippen LogP contribution in [0.15, 0.2) is 28.6 Å². The number of nitrogens with two attached hydrogens (primary N) is 1. The second kappa shape index (κ2) is 6.71. The first-order valence-corrected chi connectivity index (χ1v) is 7.91. The molecule has 7 heteroatoms. The molecule has 1 aromatic carbocycles. The third-order valence-corrected chi connectivity index (χ3v) is 4.91. The van der Waals surface area contributed by atoms with Crippen LogP contribution in [0.3, 0.4) is 0 Å². The van der Waals surface area contributed by atoms with E-state index in [0.29, 0.717) is 11.6 Å². The van der Waals surface area contributed by atoms with Crippen LogP contribution in [0.2, 0.25) is 0 Å². The molecule has 106 valence electrons. The lowest BCUT2D eigenvalue weighted by atomic mass is 10.2. The minimum Gasteiger partial charge on any atom is -0.369 e. The van der Waals surface area contributed by atoms with Gasteiger partial charge in [0.1, 0.15) is 0 Å². The number of hydrogen-bond donors (Lipinski definition) is 2.